The van der Waals surface area contributed by atoms with Crippen molar-refractivity contribution in [1.29, 1.82) is 0 Å². The monoisotopic (exact) mass is 328 g/mol. The molecule has 0 atom stereocenters. The lowest BCUT2D eigenvalue weighted by Crippen LogP contribution is -2.25. The van der Waals surface area contributed by atoms with Crippen LogP contribution in [0.4, 0.5) is 11.4 Å². The zero-order valence-corrected chi connectivity index (χ0v) is 13.5. The standard InChI is InChI=1S/C17H16N2O3S/c1-11(20)14-8-9-15(23-14)17(22)18-12-5-2-3-6-13(12)19-10-4-7-16(19)21/h2-3,5-6,8-9H,4,7,10H2,1H3,(H,18,22). The molecule has 1 aliphatic heterocycles. The number of carbonyl (C=O) groups is 3. The van der Waals surface area contributed by atoms with E-state index in [1.807, 2.05) is 18.2 Å². The van der Waals surface area contributed by atoms with Crippen molar-refractivity contribution in [3.8, 4) is 0 Å². The second kappa shape index (κ2) is 6.34. The van der Waals surface area contributed by atoms with Gasteiger partial charge >= 0.3 is 0 Å². The molecule has 23 heavy (non-hydrogen) atoms. The fourth-order valence-electron chi connectivity index (χ4n) is 2.55. The molecule has 1 aliphatic rings. The first kappa shape index (κ1) is 15.4. The van der Waals surface area contributed by atoms with Crippen molar-refractivity contribution in [3.63, 3.8) is 0 Å². The van der Waals surface area contributed by atoms with Crippen LogP contribution in [0.25, 0.3) is 0 Å². The molecule has 5 nitrogen and oxygen atoms in total. The highest BCUT2D eigenvalue weighted by molar-refractivity contribution is 7.16. The molecule has 1 N–H and O–H groups in total. The van der Waals surface area contributed by atoms with Gasteiger partial charge in [0.05, 0.1) is 21.1 Å². The highest BCUT2D eigenvalue weighted by Gasteiger charge is 2.24. The molecule has 1 saturated heterocycles. The second-order valence-electron chi connectivity index (χ2n) is 5.34. The molecule has 6 heteroatoms. The summed E-state index contributed by atoms with van der Waals surface area (Å²) in [7, 11) is 0. The van der Waals surface area contributed by atoms with Crippen LogP contribution in [0.1, 0.15) is 39.1 Å². The van der Waals surface area contributed by atoms with Crippen molar-refractivity contribution in [2.75, 3.05) is 16.8 Å². The number of hydrogen-bond acceptors (Lipinski definition) is 4. The van der Waals surface area contributed by atoms with Crippen LogP contribution in [-0.2, 0) is 4.79 Å². The third-order valence-electron chi connectivity index (χ3n) is 3.69. The van der Waals surface area contributed by atoms with E-state index in [0.29, 0.717) is 34.1 Å². The first-order chi connectivity index (χ1) is 11.1. The minimum absolute atomic E-state index is 0.0582. The zero-order valence-electron chi connectivity index (χ0n) is 12.7. The first-order valence-electron chi connectivity index (χ1n) is 7.38. The van der Waals surface area contributed by atoms with Gasteiger partial charge < -0.3 is 10.2 Å². The summed E-state index contributed by atoms with van der Waals surface area (Å²) in [5.41, 5.74) is 1.32. The van der Waals surface area contributed by atoms with Gasteiger partial charge in [0.2, 0.25) is 5.91 Å². The SMILES string of the molecule is CC(=O)c1ccc(C(=O)Nc2ccccc2N2CCCC2=O)s1. The maximum atomic E-state index is 12.4. The molecular weight excluding hydrogens is 312 g/mol. The smallest absolute Gasteiger partial charge is 0.265 e. The van der Waals surface area contributed by atoms with Crippen molar-refractivity contribution in [3.05, 3.63) is 46.2 Å². The average Bonchev–Trinajstić information content (AvgIpc) is 3.17. The topological polar surface area (TPSA) is 66.5 Å². The molecule has 0 aliphatic carbocycles. The predicted octanol–water partition coefficient (Wildman–Crippen LogP) is 3.33. The average molecular weight is 328 g/mol. The molecule has 1 aromatic heterocycles. The van der Waals surface area contributed by atoms with Gasteiger partial charge in [0.1, 0.15) is 0 Å². The number of ketones is 1. The molecule has 2 amide bonds. The van der Waals surface area contributed by atoms with Gasteiger partial charge in [0, 0.05) is 13.0 Å². The summed E-state index contributed by atoms with van der Waals surface area (Å²) >= 11 is 1.16. The molecule has 2 heterocycles. The van der Waals surface area contributed by atoms with Gasteiger partial charge in [-0.25, -0.2) is 0 Å². The maximum absolute atomic E-state index is 12.4. The number of nitrogens with zero attached hydrogens (tertiary/aromatic N) is 1. The summed E-state index contributed by atoms with van der Waals surface area (Å²) < 4.78 is 0. The van der Waals surface area contributed by atoms with Gasteiger partial charge in [0.15, 0.2) is 5.78 Å². The van der Waals surface area contributed by atoms with Gasteiger partial charge in [-0.15, -0.1) is 11.3 Å². The molecule has 0 radical (unpaired) electrons. The molecule has 3 rings (SSSR count). The molecule has 118 valence electrons. The van der Waals surface area contributed by atoms with E-state index >= 15 is 0 Å². The Kier molecular flexibility index (Phi) is 4.25. The lowest BCUT2D eigenvalue weighted by molar-refractivity contribution is -0.117. The van der Waals surface area contributed by atoms with Crippen LogP contribution in [0.3, 0.4) is 0 Å². The number of nitrogens with one attached hydrogen (secondary N) is 1. The summed E-state index contributed by atoms with van der Waals surface area (Å²) in [5, 5.41) is 2.84. The summed E-state index contributed by atoms with van der Waals surface area (Å²) in [6.45, 7) is 2.14. The summed E-state index contributed by atoms with van der Waals surface area (Å²) in [6.07, 6.45) is 1.36. The van der Waals surface area contributed by atoms with E-state index in [2.05, 4.69) is 5.32 Å². The van der Waals surface area contributed by atoms with E-state index in [1.54, 1.807) is 23.1 Å². The molecule has 0 unspecified atom stereocenters. The van der Waals surface area contributed by atoms with Crippen molar-refractivity contribution >= 4 is 40.3 Å². The van der Waals surface area contributed by atoms with Crippen molar-refractivity contribution in [1.82, 2.24) is 0 Å². The highest BCUT2D eigenvalue weighted by atomic mass is 32.1. The third kappa shape index (κ3) is 3.17. The van der Waals surface area contributed by atoms with Gasteiger partial charge in [0.25, 0.3) is 5.91 Å². The Bertz CT molecular complexity index is 782. The number of benzene rings is 1. The third-order valence-corrected chi connectivity index (χ3v) is 4.88. The molecule has 1 fully saturated rings. The quantitative estimate of drug-likeness (QED) is 0.876. The van der Waals surface area contributed by atoms with Crippen molar-refractivity contribution < 1.29 is 14.4 Å². The summed E-state index contributed by atoms with van der Waals surface area (Å²) in [5.74, 6) is -0.264. The molecule has 0 bridgehead atoms. The normalized spacial score (nSPS) is 14.1. The molecule has 0 spiro atoms. The van der Waals surface area contributed by atoms with Gasteiger partial charge in [-0.05, 0) is 37.6 Å². The minimum atomic E-state index is -0.276. The van der Waals surface area contributed by atoms with Crippen molar-refractivity contribution in [2.45, 2.75) is 19.8 Å². The lowest BCUT2D eigenvalue weighted by atomic mass is 10.2. The van der Waals surface area contributed by atoms with Crippen LogP contribution in [0.2, 0.25) is 0 Å². The number of carbonyl (C=O) groups excluding carboxylic acids is 3. The predicted molar refractivity (Wildman–Crippen MR) is 90.3 cm³/mol. The Balaban J connectivity index is 1.83. The Hall–Kier alpha value is -2.47. The van der Waals surface area contributed by atoms with Crippen LogP contribution >= 0.6 is 11.3 Å². The second-order valence-corrected chi connectivity index (χ2v) is 6.42. The number of anilines is 2. The zero-order chi connectivity index (χ0) is 16.4. The van der Waals surface area contributed by atoms with E-state index < -0.39 is 0 Å². The van der Waals surface area contributed by atoms with E-state index in [9.17, 15) is 14.4 Å². The summed E-state index contributed by atoms with van der Waals surface area (Å²) in [6, 6.07) is 10.6. The van der Waals surface area contributed by atoms with Gasteiger partial charge in [-0.2, -0.15) is 0 Å². The van der Waals surface area contributed by atoms with Crippen LogP contribution in [0.5, 0.6) is 0 Å². The van der Waals surface area contributed by atoms with Crippen LogP contribution in [0.15, 0.2) is 36.4 Å². The van der Waals surface area contributed by atoms with E-state index in [4.69, 9.17) is 0 Å². The van der Waals surface area contributed by atoms with Crippen LogP contribution in [0, 0.1) is 0 Å². The largest absolute Gasteiger partial charge is 0.319 e. The van der Waals surface area contributed by atoms with Crippen LogP contribution < -0.4 is 10.2 Å². The van der Waals surface area contributed by atoms with E-state index in [-0.39, 0.29) is 17.6 Å². The fourth-order valence-corrected chi connectivity index (χ4v) is 3.35. The number of hydrogen-bond donors (Lipinski definition) is 1. The Labute approximate surface area is 137 Å². The minimum Gasteiger partial charge on any atom is -0.319 e. The highest BCUT2D eigenvalue weighted by Crippen LogP contribution is 2.30. The van der Waals surface area contributed by atoms with Gasteiger partial charge in [-0.3, -0.25) is 14.4 Å². The fraction of sp³-hybridized carbons (Fsp3) is 0.235. The number of rotatable bonds is 4. The van der Waals surface area contributed by atoms with Gasteiger partial charge in [-0.1, -0.05) is 12.1 Å². The lowest BCUT2D eigenvalue weighted by Gasteiger charge is -2.19. The molecule has 2 aromatic rings. The van der Waals surface area contributed by atoms with Crippen LogP contribution in [-0.4, -0.2) is 24.1 Å². The van der Waals surface area contributed by atoms with E-state index in [1.165, 1.54) is 6.92 Å². The first-order valence-corrected chi connectivity index (χ1v) is 8.19. The molecule has 1 aromatic carbocycles. The van der Waals surface area contributed by atoms with Crippen molar-refractivity contribution in [2.24, 2.45) is 0 Å². The number of Topliss-reactive ketones (excluding diaryl/α,β-unsaturated/α-hetero) is 1. The molecular formula is C17H16N2O3S. The number of thiophene rings is 1. The maximum Gasteiger partial charge on any atom is 0.265 e. The number of para-hydroxylation sites is 2. The number of amides is 2. The molecule has 0 saturated carbocycles. The van der Waals surface area contributed by atoms with E-state index in [0.717, 1.165) is 17.8 Å². The Morgan fingerprint density at radius 2 is 1.87 bits per heavy atom. The summed E-state index contributed by atoms with van der Waals surface area (Å²) in [4.78, 5) is 38.4. The Morgan fingerprint density at radius 3 is 2.52 bits per heavy atom. The Morgan fingerprint density at radius 1 is 1.13 bits per heavy atom.